The lowest BCUT2D eigenvalue weighted by Crippen LogP contribution is -2.32. The van der Waals surface area contributed by atoms with Gasteiger partial charge in [-0.15, -0.1) is 10.1 Å². The molecule has 2 aliphatic heterocycles. The Morgan fingerprint density at radius 2 is 1.14 bits per heavy atom. The van der Waals surface area contributed by atoms with Crippen molar-refractivity contribution in [2.75, 3.05) is 26.4 Å². The van der Waals surface area contributed by atoms with Crippen LogP contribution in [0.2, 0.25) is 0 Å². The molecular formula is C28H36N2O13. The molecule has 4 amide bonds. The predicted octanol–water partition coefficient (Wildman–Crippen LogP) is 1.25. The minimum absolute atomic E-state index is 0.00156. The average molecular weight is 609 g/mol. The number of carbonyl (C=O) groups is 8. The van der Waals surface area contributed by atoms with Gasteiger partial charge in [-0.2, -0.15) is 0 Å². The second kappa shape index (κ2) is 18.2. The SMILES string of the molecule is CC(/C=C/CC(=O)OCC(C)COCCOC(=O)C/C=C/CC(=O)ON1C(=O)CCC1=O)CC(=O)ON1C(=O)CCC1=O. The maximum Gasteiger partial charge on any atom is 0.336 e. The minimum atomic E-state index is -0.805. The van der Waals surface area contributed by atoms with E-state index in [1.807, 2.05) is 6.92 Å². The zero-order valence-corrected chi connectivity index (χ0v) is 24.2. The van der Waals surface area contributed by atoms with Gasteiger partial charge in [-0.05, 0) is 5.92 Å². The van der Waals surface area contributed by atoms with Crippen molar-refractivity contribution >= 4 is 47.5 Å². The molecule has 2 aliphatic rings. The Balaban J connectivity index is 1.47. The van der Waals surface area contributed by atoms with Gasteiger partial charge in [0, 0.05) is 31.6 Å². The monoisotopic (exact) mass is 608 g/mol. The van der Waals surface area contributed by atoms with E-state index in [0.717, 1.165) is 0 Å². The Morgan fingerprint density at radius 1 is 0.651 bits per heavy atom. The summed E-state index contributed by atoms with van der Waals surface area (Å²) in [6, 6.07) is 0. The molecule has 0 aromatic rings. The molecule has 43 heavy (non-hydrogen) atoms. The molecular weight excluding hydrogens is 572 g/mol. The number of imide groups is 2. The highest BCUT2D eigenvalue weighted by molar-refractivity contribution is 6.02. The van der Waals surface area contributed by atoms with E-state index >= 15 is 0 Å². The molecule has 0 N–H and O–H groups in total. The summed E-state index contributed by atoms with van der Waals surface area (Å²) in [5, 5.41) is 0.944. The number of hydrogen-bond acceptors (Lipinski definition) is 13. The van der Waals surface area contributed by atoms with Crippen LogP contribution in [0.3, 0.4) is 0 Å². The van der Waals surface area contributed by atoms with E-state index in [9.17, 15) is 38.4 Å². The Bertz CT molecular complexity index is 1100. The van der Waals surface area contributed by atoms with Gasteiger partial charge in [0.2, 0.25) is 0 Å². The highest BCUT2D eigenvalue weighted by Gasteiger charge is 2.33. The Kier molecular flexibility index (Phi) is 14.7. The summed E-state index contributed by atoms with van der Waals surface area (Å²) < 4.78 is 15.6. The lowest BCUT2D eigenvalue weighted by molar-refractivity contribution is -0.197. The van der Waals surface area contributed by atoms with Gasteiger partial charge in [-0.25, -0.2) is 9.59 Å². The van der Waals surface area contributed by atoms with Gasteiger partial charge in [0.1, 0.15) is 6.61 Å². The summed E-state index contributed by atoms with van der Waals surface area (Å²) in [7, 11) is 0. The van der Waals surface area contributed by atoms with Crippen LogP contribution >= 0.6 is 0 Å². The molecule has 15 nitrogen and oxygen atoms in total. The van der Waals surface area contributed by atoms with Gasteiger partial charge in [0.15, 0.2) is 0 Å². The number of hydrogen-bond donors (Lipinski definition) is 0. The van der Waals surface area contributed by atoms with Crippen molar-refractivity contribution in [1.29, 1.82) is 0 Å². The van der Waals surface area contributed by atoms with E-state index in [0.29, 0.717) is 10.1 Å². The second-order valence-corrected chi connectivity index (χ2v) is 9.87. The van der Waals surface area contributed by atoms with Crippen LogP contribution in [0, 0.1) is 11.8 Å². The second-order valence-electron chi connectivity index (χ2n) is 9.87. The molecule has 15 heteroatoms. The topological polar surface area (TPSA) is 189 Å². The van der Waals surface area contributed by atoms with Crippen molar-refractivity contribution in [3.8, 4) is 0 Å². The standard InChI is InChI=1S/C28H36N2O13/c1-19(16-28(38)43-30-23(33)12-13-24(30)34)6-5-9-26(36)41-18-20(2)17-39-14-15-40-25(35)7-3-4-8-27(37)42-29-21(31)10-11-22(29)32/h3-6,19-20H,7-18H2,1-2H3/b4-3+,6-5+. The van der Waals surface area contributed by atoms with Crippen molar-refractivity contribution in [2.24, 2.45) is 11.8 Å². The molecule has 2 unspecified atom stereocenters. The number of nitrogens with zero attached hydrogens (tertiary/aromatic N) is 2. The van der Waals surface area contributed by atoms with Gasteiger partial charge < -0.3 is 23.9 Å². The van der Waals surface area contributed by atoms with Crippen molar-refractivity contribution < 1.29 is 62.2 Å². The van der Waals surface area contributed by atoms with Crippen LogP contribution in [0.1, 0.15) is 65.2 Å². The van der Waals surface area contributed by atoms with Gasteiger partial charge in [0.05, 0.1) is 45.5 Å². The molecule has 0 aromatic carbocycles. The third-order valence-electron chi connectivity index (χ3n) is 5.79. The lowest BCUT2D eigenvalue weighted by atomic mass is 10.1. The summed E-state index contributed by atoms with van der Waals surface area (Å²) in [5.74, 6) is -5.21. The Labute approximate surface area is 247 Å². The molecule has 2 rings (SSSR count). The predicted molar refractivity (Wildman–Crippen MR) is 142 cm³/mol. The fourth-order valence-corrected chi connectivity index (χ4v) is 3.58. The molecule has 0 radical (unpaired) electrons. The van der Waals surface area contributed by atoms with E-state index in [-0.39, 0.29) is 89.6 Å². The molecule has 0 aromatic heterocycles. The normalized spacial score (nSPS) is 16.7. The summed E-state index contributed by atoms with van der Waals surface area (Å²) >= 11 is 0. The lowest BCUT2D eigenvalue weighted by Gasteiger charge is -2.13. The Hall–Kier alpha value is -4.40. The van der Waals surface area contributed by atoms with E-state index in [1.54, 1.807) is 19.1 Å². The first-order valence-electron chi connectivity index (χ1n) is 13.8. The maximum atomic E-state index is 11.9. The quantitative estimate of drug-likeness (QED) is 0.0936. The van der Waals surface area contributed by atoms with Crippen LogP contribution in [0.4, 0.5) is 0 Å². The van der Waals surface area contributed by atoms with Crippen molar-refractivity contribution in [1.82, 2.24) is 10.1 Å². The summed E-state index contributed by atoms with van der Waals surface area (Å²) in [5.41, 5.74) is 0. The van der Waals surface area contributed by atoms with Crippen LogP contribution in [0.25, 0.3) is 0 Å². The smallest absolute Gasteiger partial charge is 0.336 e. The molecule has 2 fully saturated rings. The van der Waals surface area contributed by atoms with Gasteiger partial charge in [0.25, 0.3) is 23.6 Å². The van der Waals surface area contributed by atoms with E-state index in [2.05, 4.69) is 0 Å². The fourth-order valence-electron chi connectivity index (χ4n) is 3.58. The number of carbonyl (C=O) groups excluding carboxylic acids is 8. The first-order valence-corrected chi connectivity index (χ1v) is 13.8. The van der Waals surface area contributed by atoms with Crippen LogP contribution in [-0.2, 0) is 62.2 Å². The highest BCUT2D eigenvalue weighted by atomic mass is 16.7. The molecule has 2 atom stereocenters. The highest BCUT2D eigenvalue weighted by Crippen LogP contribution is 2.15. The molecule has 2 saturated heterocycles. The Morgan fingerprint density at radius 3 is 1.72 bits per heavy atom. The van der Waals surface area contributed by atoms with Crippen LogP contribution in [-0.4, -0.2) is 84.1 Å². The summed E-state index contributed by atoms with van der Waals surface area (Å²) in [4.78, 5) is 103. The molecule has 0 bridgehead atoms. The first-order chi connectivity index (χ1) is 20.5. The maximum absolute atomic E-state index is 11.9. The van der Waals surface area contributed by atoms with Gasteiger partial charge in [-0.3, -0.25) is 28.8 Å². The third kappa shape index (κ3) is 13.4. The van der Waals surface area contributed by atoms with E-state index in [1.165, 1.54) is 12.2 Å². The summed E-state index contributed by atoms with van der Waals surface area (Å²) in [6.45, 7) is 4.02. The summed E-state index contributed by atoms with van der Waals surface area (Å²) in [6.07, 6.45) is 5.59. The largest absolute Gasteiger partial charge is 0.465 e. The number of hydroxylamine groups is 4. The number of allylic oxidation sites excluding steroid dienone is 1. The number of ether oxygens (including phenoxy) is 3. The fraction of sp³-hybridized carbons (Fsp3) is 0.571. The molecule has 0 aliphatic carbocycles. The first kappa shape index (κ1) is 34.8. The van der Waals surface area contributed by atoms with Crippen molar-refractivity contribution in [3.63, 3.8) is 0 Å². The van der Waals surface area contributed by atoms with E-state index in [4.69, 9.17) is 23.9 Å². The zero-order chi connectivity index (χ0) is 31.8. The van der Waals surface area contributed by atoms with Gasteiger partial charge >= 0.3 is 23.9 Å². The number of esters is 2. The van der Waals surface area contributed by atoms with Gasteiger partial charge in [-0.1, -0.05) is 38.2 Å². The van der Waals surface area contributed by atoms with Crippen LogP contribution in [0.15, 0.2) is 24.3 Å². The van der Waals surface area contributed by atoms with Crippen molar-refractivity contribution in [3.05, 3.63) is 24.3 Å². The molecule has 236 valence electrons. The van der Waals surface area contributed by atoms with Crippen LogP contribution < -0.4 is 0 Å². The third-order valence-corrected chi connectivity index (χ3v) is 5.79. The average Bonchev–Trinajstić information content (AvgIpc) is 3.44. The molecule has 0 saturated carbocycles. The van der Waals surface area contributed by atoms with E-state index < -0.39 is 47.5 Å². The molecule has 2 heterocycles. The van der Waals surface area contributed by atoms with Crippen LogP contribution in [0.5, 0.6) is 0 Å². The van der Waals surface area contributed by atoms with Crippen molar-refractivity contribution in [2.45, 2.75) is 65.2 Å². The minimum Gasteiger partial charge on any atom is -0.465 e. The number of amides is 4. The zero-order valence-electron chi connectivity index (χ0n) is 24.2. The molecule has 0 spiro atoms. The number of rotatable bonds is 18.